The Bertz CT molecular complexity index is 2290. The molecule has 9 aliphatic heterocycles. The van der Waals surface area contributed by atoms with Crippen LogP contribution in [0, 0.1) is 0 Å². The van der Waals surface area contributed by atoms with Crippen LogP contribution in [-0.2, 0) is 80.5 Å². The quantitative estimate of drug-likeness (QED) is 0.0479. The normalized spacial score (nSPS) is 53.9. The topological polar surface area (TPSA) is 683 Å². The first-order valence-corrected chi connectivity index (χ1v) is 29.9. The second-order valence-corrected chi connectivity index (χ2v) is 24.0. The van der Waals surface area contributed by atoms with Crippen molar-refractivity contribution in [2.75, 3.05) is 59.5 Å². The van der Waals surface area contributed by atoms with Crippen LogP contribution in [-0.4, -0.2) is 450 Å². The molecule has 0 bridgehead atoms. The highest BCUT2D eigenvalue weighted by Crippen LogP contribution is 2.38. The number of aliphatic hydroxyl groups excluding tert-OH is 26. The predicted octanol–water partition coefficient (Wildman–Crippen LogP) is -18.7. The molecule has 0 aliphatic carbocycles. The van der Waals surface area contributed by atoms with E-state index in [0.717, 1.165) is 0 Å². The smallest absolute Gasteiger partial charge is 0.187 e. The minimum atomic E-state index is -2.48. The Morgan fingerprint density at radius 2 is 0.500 bits per heavy atom. The van der Waals surface area contributed by atoms with Gasteiger partial charge < -0.3 is 213 Å². The minimum Gasteiger partial charge on any atom is -0.394 e. The molecule has 9 rings (SSSR count). The molecule has 9 heterocycles. The van der Waals surface area contributed by atoms with Crippen molar-refractivity contribution in [3.05, 3.63) is 0 Å². The van der Waals surface area contributed by atoms with Crippen molar-refractivity contribution in [3.63, 3.8) is 0 Å². The molecular formula is C51H86O43. The van der Waals surface area contributed by atoms with Crippen molar-refractivity contribution in [2.45, 2.75) is 258 Å². The molecule has 94 heavy (non-hydrogen) atoms. The first-order chi connectivity index (χ1) is 44.5. The number of aliphatic hydroxyl groups is 26. The third-order valence-corrected chi connectivity index (χ3v) is 17.5. The molecule has 548 valence electrons. The molecule has 0 radical (unpaired) electrons. The van der Waals surface area contributed by atoms with E-state index < -0.39 is 318 Å². The molecule has 9 saturated heterocycles. The van der Waals surface area contributed by atoms with E-state index in [-0.39, 0.29) is 0 Å². The van der Waals surface area contributed by atoms with Gasteiger partial charge in [0.2, 0.25) is 0 Å². The van der Waals surface area contributed by atoms with Gasteiger partial charge in [0.1, 0.15) is 201 Å². The minimum absolute atomic E-state index is 0.534. The molecule has 43 heteroatoms. The Kier molecular flexibility index (Phi) is 26.8. The summed E-state index contributed by atoms with van der Waals surface area (Å²) < 4.78 is 97.1. The summed E-state index contributed by atoms with van der Waals surface area (Å²) in [5.74, 6) is 0. The second kappa shape index (κ2) is 32.9. The van der Waals surface area contributed by atoms with Gasteiger partial charge in [0, 0.05) is 0 Å². The van der Waals surface area contributed by atoms with Crippen LogP contribution in [0.25, 0.3) is 0 Å². The van der Waals surface area contributed by atoms with E-state index in [1.54, 1.807) is 0 Å². The average Bonchev–Trinajstić information content (AvgIpc) is 0.783. The van der Waals surface area contributed by atoms with Crippen molar-refractivity contribution in [2.24, 2.45) is 0 Å². The van der Waals surface area contributed by atoms with Crippen molar-refractivity contribution in [3.8, 4) is 0 Å². The third kappa shape index (κ3) is 16.3. The fourth-order valence-electron chi connectivity index (χ4n) is 11.8. The molecule has 9 aliphatic rings. The van der Waals surface area contributed by atoms with Gasteiger partial charge >= 0.3 is 0 Å². The Hall–Kier alpha value is -1.72. The number of hydrogen-bond donors (Lipinski definition) is 26. The molecule has 0 spiro atoms. The van der Waals surface area contributed by atoms with E-state index in [9.17, 15) is 133 Å². The van der Waals surface area contributed by atoms with Crippen LogP contribution in [0.15, 0.2) is 0 Å². The molecule has 43 nitrogen and oxygen atoms in total. The fourth-order valence-corrected chi connectivity index (χ4v) is 11.8. The summed E-state index contributed by atoms with van der Waals surface area (Å²) in [6.45, 7) is -7.83. The molecule has 0 saturated carbocycles. The van der Waals surface area contributed by atoms with Crippen LogP contribution in [0.2, 0.25) is 0 Å². The number of hydrogen-bond acceptors (Lipinski definition) is 43. The summed E-state index contributed by atoms with van der Waals surface area (Å²) in [6, 6.07) is 0. The Morgan fingerprint density at radius 3 is 0.894 bits per heavy atom. The molecular weight excluding hydrogens is 1300 g/mol. The SMILES string of the molecule is OCC1OC(OC2[C@@H](OCC3O[C@@H](O[C@H]4C(O)C(O)C(O)O[C@H]4CO)C(O)[C@@H](O)[C@@H]3O[C@@H]3O[C@@H](CO[C@@H]4OC[C@H](O)C(O)C4O[C@@H]4OC(CO)[C@H](O)[C@H](O)C4O)[C@@H](O[C@@H]4OC(CO[C@H]5OC[C@@H](O)[C@H](O)C5O)[C@@H](O)[C@H](O)C4O)C(O)C3O)OC[C@@H](O)[C@@H]2O)[C@@H](O)[C@@H](O)[C@H]1O. The van der Waals surface area contributed by atoms with E-state index in [0.29, 0.717) is 0 Å². The molecule has 26 N–H and O–H groups in total. The summed E-state index contributed by atoms with van der Waals surface area (Å²) in [5.41, 5.74) is 0. The first kappa shape index (κ1) is 76.5. The lowest BCUT2D eigenvalue weighted by molar-refractivity contribution is -0.397. The first-order valence-electron chi connectivity index (χ1n) is 29.9. The average molecular weight is 1390 g/mol. The second-order valence-electron chi connectivity index (χ2n) is 24.0. The number of ether oxygens (including phenoxy) is 17. The zero-order valence-electron chi connectivity index (χ0n) is 49.2. The maximum Gasteiger partial charge on any atom is 0.187 e. The predicted molar refractivity (Wildman–Crippen MR) is 279 cm³/mol. The fraction of sp³-hybridized carbons (Fsp3) is 1.00. The van der Waals surface area contributed by atoms with E-state index in [1.165, 1.54) is 0 Å². The third-order valence-electron chi connectivity index (χ3n) is 17.5. The standard InChI is InChI=1S/C51H86O43/c52-1-13-22(61)25(64)33(72)45(85-13)93-41-20(59)11(56)5-79-50(41)82-8-17-39(91-47-35(74)27(66)24(63)16(87-47)7-81-44-32(71)19(58)10(55)4-78-44)30(69)37(76)49(89-17)92-40-18(88-48(36(75)29(40)68)90-38-15(3-54)84-43(77)31(70)28(38)67)9-83-51-42(21(60)12(57)6-80-51)94-46-34(73)26(65)23(62)14(2-53)86-46/h10-77H,1-9H2/t10-,11+,12-,13?,14?,15+,16?,17+,18?,19+,20?,21+,22+,23+,24-,25+,26+,27+,28?,29-,30?,31?,32?,33?,34+,35?,36?,37?,38-,39-,40-,41?,42?,43?,44-,45+,46?,47+,48+,49+,50+,51-/m1/s1. The van der Waals surface area contributed by atoms with Crippen molar-refractivity contribution < 1.29 is 213 Å². The molecule has 0 aromatic rings. The van der Waals surface area contributed by atoms with Gasteiger partial charge in [-0.05, 0) is 0 Å². The van der Waals surface area contributed by atoms with Gasteiger partial charge in [-0.25, -0.2) is 0 Å². The van der Waals surface area contributed by atoms with Gasteiger partial charge in [-0.15, -0.1) is 0 Å². The molecule has 17 unspecified atom stereocenters. The Morgan fingerprint density at radius 1 is 0.223 bits per heavy atom. The Balaban J connectivity index is 1.00. The molecule has 9 fully saturated rings. The largest absolute Gasteiger partial charge is 0.394 e. The van der Waals surface area contributed by atoms with E-state index in [4.69, 9.17) is 80.5 Å². The van der Waals surface area contributed by atoms with Crippen molar-refractivity contribution in [1.82, 2.24) is 0 Å². The van der Waals surface area contributed by atoms with E-state index >= 15 is 0 Å². The van der Waals surface area contributed by atoms with E-state index in [2.05, 4.69) is 0 Å². The van der Waals surface area contributed by atoms with Gasteiger partial charge in [0.15, 0.2) is 56.6 Å². The molecule has 0 aromatic carbocycles. The summed E-state index contributed by atoms with van der Waals surface area (Å²) in [7, 11) is 0. The lowest BCUT2D eigenvalue weighted by Crippen LogP contribution is -2.68. The highest BCUT2D eigenvalue weighted by molar-refractivity contribution is 5.00. The molecule has 42 atom stereocenters. The van der Waals surface area contributed by atoms with Gasteiger partial charge in [-0.1, -0.05) is 0 Å². The summed E-state index contributed by atoms with van der Waals surface area (Å²) in [6.07, 6.45) is -84.5. The molecule has 0 aromatic heterocycles. The highest BCUT2D eigenvalue weighted by atomic mass is 16.8. The monoisotopic (exact) mass is 1390 g/mol. The lowest BCUT2D eigenvalue weighted by Gasteiger charge is -2.49. The maximum atomic E-state index is 12.1. The van der Waals surface area contributed by atoms with Crippen LogP contribution >= 0.6 is 0 Å². The van der Waals surface area contributed by atoms with Gasteiger partial charge in [-0.2, -0.15) is 0 Å². The van der Waals surface area contributed by atoms with E-state index in [1.807, 2.05) is 0 Å². The number of rotatable bonds is 22. The van der Waals surface area contributed by atoms with Crippen LogP contribution in [0.5, 0.6) is 0 Å². The summed E-state index contributed by atoms with van der Waals surface area (Å²) in [4.78, 5) is 0. The van der Waals surface area contributed by atoms with Crippen molar-refractivity contribution in [1.29, 1.82) is 0 Å². The zero-order valence-corrected chi connectivity index (χ0v) is 49.2. The Labute approximate surface area is 530 Å². The summed E-state index contributed by atoms with van der Waals surface area (Å²) >= 11 is 0. The zero-order chi connectivity index (χ0) is 68.6. The summed E-state index contributed by atoms with van der Waals surface area (Å²) in [5, 5.41) is 280. The van der Waals surface area contributed by atoms with Crippen LogP contribution in [0.3, 0.4) is 0 Å². The maximum absolute atomic E-state index is 12.1. The van der Waals surface area contributed by atoms with Gasteiger partial charge in [-0.3, -0.25) is 0 Å². The van der Waals surface area contributed by atoms with Crippen LogP contribution in [0.4, 0.5) is 0 Å². The lowest BCUT2D eigenvalue weighted by atomic mass is 9.95. The van der Waals surface area contributed by atoms with Gasteiger partial charge in [0.25, 0.3) is 0 Å². The molecule has 0 amide bonds. The van der Waals surface area contributed by atoms with Crippen LogP contribution in [0.1, 0.15) is 0 Å². The van der Waals surface area contributed by atoms with Gasteiger partial charge in [0.05, 0.1) is 59.5 Å². The highest BCUT2D eigenvalue weighted by Gasteiger charge is 2.58. The van der Waals surface area contributed by atoms with Crippen LogP contribution < -0.4 is 0 Å². The van der Waals surface area contributed by atoms with Crippen molar-refractivity contribution >= 4 is 0 Å².